The third kappa shape index (κ3) is 2.89. The molecule has 1 aromatic rings. The molecule has 0 unspecified atom stereocenters. The second kappa shape index (κ2) is 4.48. The zero-order valence-corrected chi connectivity index (χ0v) is 9.35. The highest BCUT2D eigenvalue weighted by Gasteiger charge is 2.21. The molecule has 13 heavy (non-hydrogen) atoms. The van der Waals surface area contributed by atoms with Crippen LogP contribution in [0.5, 0.6) is 0 Å². The zero-order chi connectivity index (χ0) is 9.84. The van der Waals surface area contributed by atoms with Gasteiger partial charge in [0.25, 0.3) is 0 Å². The molecule has 0 amide bonds. The average molecular weight is 210 g/mol. The highest BCUT2D eigenvalue weighted by Crippen LogP contribution is 2.07. The average Bonchev–Trinajstić information content (AvgIpc) is 2.50. The fourth-order valence-electron chi connectivity index (χ4n) is 0.992. The molecule has 1 aromatic heterocycles. The summed E-state index contributed by atoms with van der Waals surface area (Å²) >= 11 is 1.59. The minimum Gasteiger partial charge on any atom is -0.300 e. The molecule has 0 saturated heterocycles. The lowest BCUT2D eigenvalue weighted by molar-refractivity contribution is -0.124. The lowest BCUT2D eigenvalue weighted by atomic mass is 10.2. The molecule has 0 aliphatic heterocycles. The molecular weight excluding hydrogens is 200 g/mol. The van der Waals surface area contributed by atoms with Gasteiger partial charge in [-0.25, -0.2) is 0 Å². The van der Waals surface area contributed by atoms with Crippen molar-refractivity contribution in [2.75, 3.05) is 0 Å². The van der Waals surface area contributed by atoms with Crippen LogP contribution in [0.2, 0.25) is 5.54 Å². The quantitative estimate of drug-likeness (QED) is 0.550. The minimum atomic E-state index is -0.418. The molecule has 0 aliphatic rings. The summed E-state index contributed by atoms with van der Waals surface area (Å²) in [6.07, 6.45) is 0. The van der Waals surface area contributed by atoms with Gasteiger partial charge in [0.15, 0.2) is 0 Å². The van der Waals surface area contributed by atoms with Crippen LogP contribution in [0.25, 0.3) is 0 Å². The molecule has 0 aliphatic carbocycles. The highest BCUT2D eigenvalue weighted by molar-refractivity contribution is 7.20. The van der Waals surface area contributed by atoms with Gasteiger partial charge in [0.2, 0.25) is 0 Å². The van der Waals surface area contributed by atoms with E-state index in [0.29, 0.717) is 9.52 Å². The van der Waals surface area contributed by atoms with Crippen LogP contribution in [0, 0.1) is 0 Å². The lowest BCUT2D eigenvalue weighted by Gasteiger charge is -2.06. The SMILES string of the molecule is CC(=O)C([Si]c1cccs1)C(C)=O. The third-order valence-electron chi connectivity index (χ3n) is 1.62. The van der Waals surface area contributed by atoms with Gasteiger partial charge in [-0.3, -0.25) is 9.59 Å². The number of ketones is 2. The van der Waals surface area contributed by atoms with Gasteiger partial charge in [-0.15, -0.1) is 0 Å². The first-order valence-electron chi connectivity index (χ1n) is 3.92. The Labute approximate surface area is 83.8 Å². The van der Waals surface area contributed by atoms with E-state index < -0.39 is 5.54 Å². The van der Waals surface area contributed by atoms with Crippen molar-refractivity contribution in [1.29, 1.82) is 0 Å². The Kier molecular flexibility index (Phi) is 3.56. The maximum Gasteiger partial charge on any atom is 0.137 e. The Morgan fingerprint density at radius 1 is 1.38 bits per heavy atom. The predicted octanol–water partition coefficient (Wildman–Crippen LogP) is 1.04. The van der Waals surface area contributed by atoms with E-state index in [4.69, 9.17) is 0 Å². The van der Waals surface area contributed by atoms with Crippen LogP contribution in [-0.4, -0.2) is 21.1 Å². The first-order valence-corrected chi connectivity index (χ1v) is 5.88. The van der Waals surface area contributed by atoms with Crippen LogP contribution < -0.4 is 4.50 Å². The summed E-state index contributed by atoms with van der Waals surface area (Å²) in [6.45, 7) is 2.96. The van der Waals surface area contributed by atoms with Crippen LogP contribution in [-0.2, 0) is 9.59 Å². The predicted molar refractivity (Wildman–Crippen MR) is 54.8 cm³/mol. The Balaban J connectivity index is 2.69. The van der Waals surface area contributed by atoms with Gasteiger partial charge in [0, 0.05) is 0 Å². The lowest BCUT2D eigenvalue weighted by Crippen LogP contribution is -2.26. The van der Waals surface area contributed by atoms with Crippen molar-refractivity contribution in [3.8, 4) is 0 Å². The smallest absolute Gasteiger partial charge is 0.137 e. The molecule has 0 spiro atoms. The summed E-state index contributed by atoms with van der Waals surface area (Å²) in [5, 5.41) is 1.96. The summed E-state index contributed by atoms with van der Waals surface area (Å²) in [6, 6.07) is 3.90. The van der Waals surface area contributed by atoms with Crippen molar-refractivity contribution in [2.45, 2.75) is 19.4 Å². The molecule has 0 saturated carbocycles. The Morgan fingerprint density at radius 3 is 2.38 bits per heavy atom. The maximum atomic E-state index is 11.1. The Bertz CT molecular complexity index is 291. The van der Waals surface area contributed by atoms with Gasteiger partial charge >= 0.3 is 0 Å². The van der Waals surface area contributed by atoms with Crippen molar-refractivity contribution in [2.24, 2.45) is 0 Å². The van der Waals surface area contributed by atoms with Gasteiger partial charge in [-0.1, -0.05) is 12.1 Å². The number of Topliss-reactive ketones (excluding diaryl/α,β-unsaturated/α-hetero) is 2. The molecule has 68 valence electrons. The molecule has 0 aromatic carbocycles. The molecule has 0 atom stereocenters. The van der Waals surface area contributed by atoms with E-state index in [1.165, 1.54) is 13.8 Å². The first kappa shape index (κ1) is 10.3. The van der Waals surface area contributed by atoms with Crippen LogP contribution in [0.1, 0.15) is 13.8 Å². The molecule has 0 N–H and O–H groups in total. The number of rotatable bonds is 4. The summed E-state index contributed by atoms with van der Waals surface area (Å²) in [4.78, 5) is 22.2. The Morgan fingerprint density at radius 2 is 2.00 bits per heavy atom. The van der Waals surface area contributed by atoms with Gasteiger partial charge in [-0.2, -0.15) is 11.3 Å². The fraction of sp³-hybridized carbons (Fsp3) is 0.333. The molecular formula is C9H10O2SSi. The van der Waals surface area contributed by atoms with Crippen LogP contribution in [0.4, 0.5) is 0 Å². The highest BCUT2D eigenvalue weighted by atomic mass is 32.1. The van der Waals surface area contributed by atoms with E-state index in [1.54, 1.807) is 11.3 Å². The molecule has 4 heteroatoms. The van der Waals surface area contributed by atoms with Crippen molar-refractivity contribution in [3.05, 3.63) is 17.5 Å². The zero-order valence-electron chi connectivity index (χ0n) is 7.53. The third-order valence-corrected chi connectivity index (χ3v) is 4.56. The summed E-state index contributed by atoms with van der Waals surface area (Å²) in [5.41, 5.74) is -0.418. The van der Waals surface area contributed by atoms with Crippen LogP contribution in [0.3, 0.4) is 0 Å². The van der Waals surface area contributed by atoms with Gasteiger partial charge in [0.05, 0.1) is 5.54 Å². The summed E-state index contributed by atoms with van der Waals surface area (Å²) in [5.74, 6) is -0.0570. The second-order valence-electron chi connectivity index (χ2n) is 2.78. The number of hydrogen-bond donors (Lipinski definition) is 0. The topological polar surface area (TPSA) is 34.1 Å². The molecule has 2 radical (unpaired) electrons. The molecule has 0 fully saturated rings. The normalized spacial score (nSPS) is 10.4. The molecule has 0 bridgehead atoms. The monoisotopic (exact) mass is 210 g/mol. The van der Waals surface area contributed by atoms with E-state index >= 15 is 0 Å². The van der Waals surface area contributed by atoms with Crippen LogP contribution >= 0.6 is 11.3 Å². The maximum absolute atomic E-state index is 11.1. The molecule has 1 rings (SSSR count). The van der Waals surface area contributed by atoms with E-state index in [9.17, 15) is 9.59 Å². The van der Waals surface area contributed by atoms with Crippen molar-refractivity contribution in [3.63, 3.8) is 0 Å². The van der Waals surface area contributed by atoms with Crippen molar-refractivity contribution < 1.29 is 9.59 Å². The molecule has 1 heterocycles. The molecule has 2 nitrogen and oxygen atoms in total. The summed E-state index contributed by atoms with van der Waals surface area (Å²) in [7, 11) is 0.300. The second-order valence-corrected chi connectivity index (χ2v) is 5.49. The van der Waals surface area contributed by atoms with E-state index in [2.05, 4.69) is 0 Å². The number of hydrogen-bond acceptors (Lipinski definition) is 3. The van der Waals surface area contributed by atoms with Crippen molar-refractivity contribution in [1.82, 2.24) is 0 Å². The van der Waals surface area contributed by atoms with E-state index in [1.807, 2.05) is 17.5 Å². The largest absolute Gasteiger partial charge is 0.300 e. The number of carbonyl (C=O) groups excluding carboxylic acids is 2. The minimum absolute atomic E-state index is 0.0285. The van der Waals surface area contributed by atoms with Gasteiger partial charge in [-0.05, 0) is 23.7 Å². The van der Waals surface area contributed by atoms with Gasteiger partial charge in [0.1, 0.15) is 21.1 Å². The van der Waals surface area contributed by atoms with Crippen molar-refractivity contribution >= 4 is 36.9 Å². The first-order chi connectivity index (χ1) is 6.11. The van der Waals surface area contributed by atoms with Gasteiger partial charge < -0.3 is 0 Å². The Hall–Kier alpha value is -0.743. The van der Waals surface area contributed by atoms with E-state index in [-0.39, 0.29) is 11.6 Å². The summed E-state index contributed by atoms with van der Waals surface area (Å²) < 4.78 is 1.12. The number of thiophene rings is 1. The van der Waals surface area contributed by atoms with Crippen LogP contribution in [0.15, 0.2) is 17.5 Å². The standard InChI is InChI=1S/C9H10O2SSi/c1-6(10)9(7(2)11)13-8-4-3-5-12-8/h3-5,9H,1-2H3. The fourth-order valence-corrected chi connectivity index (χ4v) is 3.17. The van der Waals surface area contributed by atoms with E-state index in [0.717, 1.165) is 4.50 Å². The number of carbonyl (C=O) groups is 2.